The van der Waals surface area contributed by atoms with E-state index in [4.69, 9.17) is 17.3 Å². The Morgan fingerprint density at radius 1 is 1.12 bits per heavy atom. The second-order valence-electron chi connectivity index (χ2n) is 3.34. The van der Waals surface area contributed by atoms with Crippen molar-refractivity contribution < 1.29 is 0 Å². The summed E-state index contributed by atoms with van der Waals surface area (Å²) in [5, 5.41) is 3.77. The van der Waals surface area contributed by atoms with E-state index in [0.717, 1.165) is 15.8 Å². The predicted molar refractivity (Wildman–Crippen MR) is 73.3 cm³/mol. The van der Waals surface area contributed by atoms with E-state index in [9.17, 15) is 0 Å². The zero-order chi connectivity index (χ0) is 11.5. The van der Waals surface area contributed by atoms with Gasteiger partial charge in [-0.05, 0) is 30.3 Å². The first-order valence-corrected chi connectivity index (χ1v) is 5.90. The monoisotopic (exact) mass is 296 g/mol. The van der Waals surface area contributed by atoms with E-state index in [1.54, 1.807) is 6.07 Å². The maximum atomic E-state index is 5.94. The average molecular weight is 298 g/mol. The summed E-state index contributed by atoms with van der Waals surface area (Å²) in [5.41, 5.74) is 8.19. The van der Waals surface area contributed by atoms with Gasteiger partial charge in [-0.15, -0.1) is 0 Å². The third kappa shape index (κ3) is 2.49. The summed E-state index contributed by atoms with van der Waals surface area (Å²) in [6.45, 7) is 0. The van der Waals surface area contributed by atoms with Crippen LogP contribution >= 0.6 is 27.5 Å². The summed E-state index contributed by atoms with van der Waals surface area (Å²) >= 11 is 9.35. The van der Waals surface area contributed by atoms with E-state index in [1.165, 1.54) is 0 Å². The normalized spacial score (nSPS) is 10.1. The fourth-order valence-electron chi connectivity index (χ4n) is 1.37. The van der Waals surface area contributed by atoms with Crippen LogP contribution in [0.15, 0.2) is 46.9 Å². The number of benzene rings is 2. The molecule has 0 saturated carbocycles. The van der Waals surface area contributed by atoms with Gasteiger partial charge < -0.3 is 11.1 Å². The first kappa shape index (κ1) is 11.3. The van der Waals surface area contributed by atoms with Crippen molar-refractivity contribution in [3.05, 3.63) is 52.0 Å². The maximum Gasteiger partial charge on any atom is 0.0742 e. The molecular weight excluding hydrogens is 288 g/mol. The summed E-state index contributed by atoms with van der Waals surface area (Å²) < 4.78 is 1.01. The molecule has 2 nitrogen and oxygen atoms in total. The molecule has 2 rings (SSSR count). The van der Waals surface area contributed by atoms with Crippen LogP contribution in [-0.2, 0) is 0 Å². The predicted octanol–water partition coefficient (Wildman–Crippen LogP) is 4.43. The number of halogens is 2. The van der Waals surface area contributed by atoms with Gasteiger partial charge >= 0.3 is 0 Å². The van der Waals surface area contributed by atoms with Gasteiger partial charge in [0.25, 0.3) is 0 Å². The van der Waals surface area contributed by atoms with Crippen LogP contribution in [0.5, 0.6) is 0 Å². The van der Waals surface area contributed by atoms with E-state index in [1.807, 2.05) is 36.4 Å². The Kier molecular flexibility index (Phi) is 3.36. The maximum absolute atomic E-state index is 5.94. The molecule has 82 valence electrons. The largest absolute Gasteiger partial charge is 0.396 e. The molecule has 2 aromatic rings. The van der Waals surface area contributed by atoms with Crippen LogP contribution in [0.1, 0.15) is 0 Å². The highest BCUT2D eigenvalue weighted by Gasteiger charge is 2.02. The molecule has 2 aromatic carbocycles. The molecule has 0 spiro atoms. The fraction of sp³-hybridized carbons (Fsp3) is 0. The molecule has 0 unspecified atom stereocenters. The molecule has 0 bridgehead atoms. The van der Waals surface area contributed by atoms with Gasteiger partial charge in [0.05, 0.1) is 16.4 Å². The molecule has 3 N–H and O–H groups in total. The van der Waals surface area contributed by atoms with Crippen molar-refractivity contribution in [1.82, 2.24) is 0 Å². The summed E-state index contributed by atoms with van der Waals surface area (Å²) in [7, 11) is 0. The number of anilines is 3. The molecule has 0 heterocycles. The average Bonchev–Trinajstić information content (AvgIpc) is 2.25. The molecule has 0 aliphatic carbocycles. The van der Waals surface area contributed by atoms with Gasteiger partial charge in [-0.3, -0.25) is 0 Å². The van der Waals surface area contributed by atoms with Gasteiger partial charge in [0.2, 0.25) is 0 Å². The highest BCUT2D eigenvalue weighted by atomic mass is 79.9. The van der Waals surface area contributed by atoms with Gasteiger partial charge in [0.1, 0.15) is 0 Å². The Bertz CT molecular complexity index is 514. The van der Waals surface area contributed by atoms with Crippen molar-refractivity contribution >= 4 is 44.6 Å². The number of nitrogens with two attached hydrogens (primary N) is 1. The lowest BCUT2D eigenvalue weighted by molar-refractivity contribution is 1.53. The second kappa shape index (κ2) is 4.76. The minimum Gasteiger partial charge on any atom is -0.396 e. The van der Waals surface area contributed by atoms with Crippen LogP contribution in [-0.4, -0.2) is 0 Å². The summed E-state index contributed by atoms with van der Waals surface area (Å²) in [6, 6.07) is 13.4. The topological polar surface area (TPSA) is 38.0 Å². The van der Waals surface area contributed by atoms with E-state index >= 15 is 0 Å². The molecule has 16 heavy (non-hydrogen) atoms. The lowest BCUT2D eigenvalue weighted by Gasteiger charge is -2.10. The molecule has 0 fully saturated rings. The fourth-order valence-corrected chi connectivity index (χ4v) is 1.94. The second-order valence-corrected chi connectivity index (χ2v) is 4.66. The number of para-hydroxylation sites is 1. The number of hydrogen-bond donors (Lipinski definition) is 2. The Balaban J connectivity index is 2.31. The van der Waals surface area contributed by atoms with Gasteiger partial charge in [-0.25, -0.2) is 0 Å². The number of nitrogen functional groups attached to an aromatic ring is 1. The van der Waals surface area contributed by atoms with Crippen molar-refractivity contribution in [2.75, 3.05) is 11.1 Å². The van der Waals surface area contributed by atoms with Crippen LogP contribution in [0, 0.1) is 0 Å². The van der Waals surface area contributed by atoms with Gasteiger partial charge in [-0.2, -0.15) is 0 Å². The van der Waals surface area contributed by atoms with E-state index in [2.05, 4.69) is 21.2 Å². The molecule has 0 aromatic heterocycles. The van der Waals surface area contributed by atoms with E-state index in [0.29, 0.717) is 10.7 Å². The molecule has 4 heteroatoms. The smallest absolute Gasteiger partial charge is 0.0742 e. The Morgan fingerprint density at radius 3 is 2.62 bits per heavy atom. The molecular formula is C12H10BrClN2. The molecule has 0 aliphatic rings. The number of nitrogens with one attached hydrogen (secondary N) is 1. The molecule has 0 amide bonds. The van der Waals surface area contributed by atoms with Crippen molar-refractivity contribution in [2.24, 2.45) is 0 Å². The van der Waals surface area contributed by atoms with Crippen LogP contribution in [0.4, 0.5) is 17.1 Å². The minimum atomic E-state index is 0.556. The zero-order valence-electron chi connectivity index (χ0n) is 8.37. The molecule has 0 saturated heterocycles. The molecule has 0 radical (unpaired) electrons. The Hall–Kier alpha value is -1.19. The zero-order valence-corrected chi connectivity index (χ0v) is 10.7. The van der Waals surface area contributed by atoms with Crippen LogP contribution in [0.25, 0.3) is 0 Å². The van der Waals surface area contributed by atoms with Crippen LogP contribution < -0.4 is 11.1 Å². The first-order valence-electron chi connectivity index (χ1n) is 4.73. The number of rotatable bonds is 2. The third-order valence-electron chi connectivity index (χ3n) is 2.16. The van der Waals surface area contributed by atoms with Crippen molar-refractivity contribution in [3.63, 3.8) is 0 Å². The standard InChI is InChI=1S/C12H10BrClN2/c13-8-3-1-4-9(7-8)16-11-6-2-5-10(14)12(11)15/h1-7,16H,15H2. The van der Waals surface area contributed by atoms with Crippen LogP contribution in [0.3, 0.4) is 0 Å². The highest BCUT2D eigenvalue weighted by molar-refractivity contribution is 9.10. The van der Waals surface area contributed by atoms with Crippen molar-refractivity contribution in [2.45, 2.75) is 0 Å². The molecule has 0 atom stereocenters. The summed E-state index contributed by atoms with van der Waals surface area (Å²) in [4.78, 5) is 0. The summed E-state index contributed by atoms with van der Waals surface area (Å²) in [5.74, 6) is 0. The summed E-state index contributed by atoms with van der Waals surface area (Å²) in [6.07, 6.45) is 0. The SMILES string of the molecule is Nc1c(Cl)cccc1Nc1cccc(Br)c1. The highest BCUT2D eigenvalue weighted by Crippen LogP contribution is 2.29. The van der Waals surface area contributed by atoms with Crippen LogP contribution in [0.2, 0.25) is 5.02 Å². The molecule has 0 aliphatic heterocycles. The van der Waals surface area contributed by atoms with Crippen molar-refractivity contribution in [1.29, 1.82) is 0 Å². The Labute approximate surface area is 108 Å². The first-order chi connectivity index (χ1) is 7.66. The van der Waals surface area contributed by atoms with Gasteiger partial charge in [-0.1, -0.05) is 39.7 Å². The minimum absolute atomic E-state index is 0.556. The van der Waals surface area contributed by atoms with Gasteiger partial charge in [0, 0.05) is 10.2 Å². The number of hydrogen-bond acceptors (Lipinski definition) is 2. The van der Waals surface area contributed by atoms with E-state index in [-0.39, 0.29) is 0 Å². The Morgan fingerprint density at radius 2 is 1.88 bits per heavy atom. The lowest BCUT2D eigenvalue weighted by Crippen LogP contribution is -1.96. The van der Waals surface area contributed by atoms with E-state index < -0.39 is 0 Å². The van der Waals surface area contributed by atoms with Crippen molar-refractivity contribution in [3.8, 4) is 0 Å². The third-order valence-corrected chi connectivity index (χ3v) is 2.98. The van der Waals surface area contributed by atoms with Gasteiger partial charge in [0.15, 0.2) is 0 Å². The lowest BCUT2D eigenvalue weighted by atomic mass is 10.2. The quantitative estimate of drug-likeness (QED) is 0.805.